The predicted molar refractivity (Wildman–Crippen MR) is 98.8 cm³/mol. The molecule has 0 unspecified atom stereocenters. The Labute approximate surface area is 149 Å². The number of benzene rings is 3. The predicted octanol–water partition coefficient (Wildman–Crippen LogP) is 5.80. The molecule has 3 rings (SSSR count). The van der Waals surface area contributed by atoms with Crippen molar-refractivity contribution in [2.24, 2.45) is 0 Å². The van der Waals surface area contributed by atoms with Gasteiger partial charge in [0.25, 0.3) is 0 Å². The molecule has 0 spiro atoms. The second-order valence-electron chi connectivity index (χ2n) is 6.09. The molecule has 0 radical (unpaired) electrons. The fourth-order valence-electron chi connectivity index (χ4n) is 3.05. The minimum absolute atomic E-state index is 1.18. The van der Waals surface area contributed by atoms with Gasteiger partial charge in [-0.1, -0.05) is 0 Å². The summed E-state index contributed by atoms with van der Waals surface area (Å²) < 4.78 is 0. The molecule has 0 amide bonds. The van der Waals surface area contributed by atoms with Gasteiger partial charge in [-0.15, -0.1) is 0 Å². The average Bonchev–Trinajstić information content (AvgIpc) is 2.57. The Balaban J connectivity index is 1.85. The van der Waals surface area contributed by atoms with Crippen LogP contribution >= 0.6 is 5.59 Å². The first kappa shape index (κ1) is 16.6. The van der Waals surface area contributed by atoms with Crippen LogP contribution in [0, 0.1) is 0 Å². The Morgan fingerprint density at radius 1 is 0.478 bits per heavy atom. The van der Waals surface area contributed by atoms with Crippen molar-refractivity contribution in [3.8, 4) is 0 Å². The maximum absolute atomic E-state index is 3.54. The molecule has 0 nitrogen and oxygen atoms in total. The molecule has 0 N–H and O–H groups in total. The molecule has 0 fully saturated rings. The molecule has 0 heterocycles. The summed E-state index contributed by atoms with van der Waals surface area (Å²) in [5.74, 6) is 0. The number of hydrogen-bond donors (Lipinski definition) is 0. The third-order valence-electron chi connectivity index (χ3n) is 4.07. The molecule has 3 aromatic rings. The third-order valence-corrected chi connectivity index (χ3v) is 9.75. The first-order valence-corrected chi connectivity index (χ1v) is 12.9. The van der Waals surface area contributed by atoms with E-state index in [-0.39, 0.29) is 0 Å². The summed E-state index contributed by atoms with van der Waals surface area (Å²) in [5, 5.41) is 0. The minimum atomic E-state index is -1.58. The van der Waals surface area contributed by atoms with Gasteiger partial charge in [0.2, 0.25) is 0 Å². The van der Waals surface area contributed by atoms with Gasteiger partial charge >= 0.3 is 150 Å². The van der Waals surface area contributed by atoms with Crippen LogP contribution in [-0.4, -0.2) is 0 Å². The van der Waals surface area contributed by atoms with Crippen LogP contribution in [0.3, 0.4) is 0 Å². The topological polar surface area (TPSA) is 0 Å². The second kappa shape index (κ2) is 8.00. The molecule has 0 aromatic heterocycles. The fraction of sp³-hybridized carbons (Fsp3) is 0.143. The van der Waals surface area contributed by atoms with E-state index in [1.165, 1.54) is 35.2 Å². The summed E-state index contributed by atoms with van der Waals surface area (Å²) in [6, 6.07) is 32.8. The van der Waals surface area contributed by atoms with Crippen LogP contribution in [0.5, 0.6) is 0 Å². The van der Waals surface area contributed by atoms with Crippen LogP contribution in [0.15, 0.2) is 91.0 Å². The summed E-state index contributed by atoms with van der Waals surface area (Å²) in [7, 11) is 0. The zero-order valence-electron chi connectivity index (χ0n) is 13.1. The van der Waals surface area contributed by atoms with E-state index < -0.39 is 5.59 Å². The molecule has 0 aliphatic rings. The first-order valence-electron chi connectivity index (χ1n) is 8.02. The Morgan fingerprint density at radius 3 is 1.00 bits per heavy atom. The molecule has 0 saturated carbocycles. The molecule has 120 valence electrons. The van der Waals surface area contributed by atoms with Crippen molar-refractivity contribution in [1.29, 1.82) is 0 Å². The Morgan fingerprint density at radius 2 is 0.739 bits per heavy atom. The van der Waals surface area contributed by atoms with Crippen LogP contribution in [0.1, 0.15) is 16.7 Å². The van der Waals surface area contributed by atoms with Crippen molar-refractivity contribution in [2.45, 2.75) is 18.5 Å². The van der Waals surface area contributed by atoms with E-state index in [9.17, 15) is 0 Å². The molecule has 0 aliphatic carbocycles. The van der Waals surface area contributed by atoms with Crippen molar-refractivity contribution in [1.82, 2.24) is 0 Å². The van der Waals surface area contributed by atoms with E-state index in [1.54, 1.807) is 0 Å². The summed E-state index contributed by atoms with van der Waals surface area (Å²) in [6.45, 7) is 0. The molecule has 0 bridgehead atoms. The fourth-order valence-corrected chi connectivity index (χ4v) is 9.28. The summed E-state index contributed by atoms with van der Waals surface area (Å²) in [4.78, 5) is 0. The molecular weight excluding hydrogens is 386 g/mol. The Kier molecular flexibility index (Phi) is 5.77. The Bertz CT molecular complexity index is 609. The second-order valence-corrected chi connectivity index (χ2v) is 14.6. The van der Waals surface area contributed by atoms with Crippen LogP contribution in [-0.2, 0) is 36.3 Å². The van der Waals surface area contributed by atoms with Crippen LogP contribution in [0.4, 0.5) is 0 Å². The maximum atomic E-state index is 3.54. The molecular formula is C21H22PRh. The van der Waals surface area contributed by atoms with Crippen LogP contribution in [0.25, 0.3) is 0 Å². The zero-order valence-corrected chi connectivity index (χ0v) is 15.8. The van der Waals surface area contributed by atoms with E-state index >= 15 is 0 Å². The van der Waals surface area contributed by atoms with Crippen molar-refractivity contribution in [3.63, 3.8) is 0 Å². The van der Waals surface area contributed by atoms with Crippen molar-refractivity contribution in [3.05, 3.63) is 108 Å². The summed E-state index contributed by atoms with van der Waals surface area (Å²) >= 11 is 3.54. The van der Waals surface area contributed by atoms with Gasteiger partial charge in [0, 0.05) is 0 Å². The third kappa shape index (κ3) is 5.10. The molecule has 0 atom stereocenters. The molecule has 0 saturated heterocycles. The number of rotatable bonds is 6. The standard InChI is InChI=1S/C21H21P.Rh/c1-4-10-19(11-5-1)16-22(17-20-12-6-2-7-13-20)18-21-14-8-3-9-15-21;/h1-15H,16-18H2;/q;-1/p+1. The van der Waals surface area contributed by atoms with Gasteiger partial charge in [-0.05, 0) is 0 Å². The van der Waals surface area contributed by atoms with Gasteiger partial charge in [0.1, 0.15) is 0 Å². The monoisotopic (exact) mass is 408 g/mol. The number of hydrogen-bond acceptors (Lipinski definition) is 0. The van der Waals surface area contributed by atoms with Gasteiger partial charge in [-0.3, -0.25) is 0 Å². The van der Waals surface area contributed by atoms with E-state index in [1.807, 2.05) is 0 Å². The normalized spacial score (nSPS) is 12.1. The summed E-state index contributed by atoms with van der Waals surface area (Å²) in [6.07, 6.45) is 3.55. The van der Waals surface area contributed by atoms with E-state index in [0.717, 1.165) is 0 Å². The van der Waals surface area contributed by atoms with Gasteiger partial charge < -0.3 is 0 Å². The SMILES string of the molecule is [Rh][PH](Cc1ccccc1)(Cc1ccccc1)Cc1ccccc1. The average molecular weight is 408 g/mol. The van der Waals surface area contributed by atoms with Gasteiger partial charge in [0.15, 0.2) is 0 Å². The van der Waals surface area contributed by atoms with Gasteiger partial charge in [-0.2, -0.15) is 0 Å². The van der Waals surface area contributed by atoms with Crippen LogP contribution in [0.2, 0.25) is 0 Å². The molecule has 23 heavy (non-hydrogen) atoms. The zero-order chi connectivity index (χ0) is 16.0. The van der Waals surface area contributed by atoms with Gasteiger partial charge in [0.05, 0.1) is 0 Å². The Hall–Kier alpha value is -1.29. The van der Waals surface area contributed by atoms with E-state index in [2.05, 4.69) is 109 Å². The first-order chi connectivity index (χ1) is 11.2. The van der Waals surface area contributed by atoms with Gasteiger partial charge in [-0.25, -0.2) is 0 Å². The summed E-state index contributed by atoms with van der Waals surface area (Å²) in [5.41, 5.74) is 2.78. The van der Waals surface area contributed by atoms with E-state index in [0.29, 0.717) is 0 Å². The van der Waals surface area contributed by atoms with Crippen molar-refractivity contribution < 1.29 is 17.8 Å². The van der Waals surface area contributed by atoms with E-state index in [4.69, 9.17) is 0 Å². The molecule has 2 heteroatoms. The molecule has 3 aromatic carbocycles. The van der Waals surface area contributed by atoms with Crippen molar-refractivity contribution >= 4 is 5.59 Å². The molecule has 0 aliphatic heterocycles. The van der Waals surface area contributed by atoms with Crippen molar-refractivity contribution in [2.75, 3.05) is 0 Å². The van der Waals surface area contributed by atoms with Crippen LogP contribution < -0.4 is 0 Å². The quantitative estimate of drug-likeness (QED) is 0.357.